The summed E-state index contributed by atoms with van der Waals surface area (Å²) >= 11 is 0. The Morgan fingerprint density at radius 3 is 2.60 bits per heavy atom. The van der Waals surface area contributed by atoms with Crippen LogP contribution in [0.5, 0.6) is 5.75 Å². The number of benzene rings is 1. The third kappa shape index (κ3) is 3.26. The molecule has 0 aliphatic heterocycles. The van der Waals surface area contributed by atoms with E-state index in [4.69, 9.17) is 4.74 Å². The second-order valence-electron chi connectivity index (χ2n) is 4.81. The van der Waals surface area contributed by atoms with Crippen molar-refractivity contribution in [3.05, 3.63) is 33.9 Å². The van der Waals surface area contributed by atoms with Gasteiger partial charge in [0, 0.05) is 12.1 Å². The molecule has 1 fully saturated rings. The lowest BCUT2D eigenvalue weighted by Crippen LogP contribution is -2.20. The molecule has 1 aliphatic carbocycles. The molecule has 0 heterocycles. The molecule has 0 unspecified atom stereocenters. The number of rotatable bonds is 4. The van der Waals surface area contributed by atoms with E-state index in [1.165, 1.54) is 31.7 Å². The van der Waals surface area contributed by atoms with Gasteiger partial charge in [-0.15, -0.1) is 0 Å². The van der Waals surface area contributed by atoms with Gasteiger partial charge in [0.15, 0.2) is 5.75 Å². The number of hydrogen-bond donors (Lipinski definition) is 0. The van der Waals surface area contributed by atoms with Crippen molar-refractivity contribution in [3.63, 3.8) is 0 Å². The smallest absolute Gasteiger partial charge is 0.337 e. The second kappa shape index (κ2) is 6.36. The molecule has 6 nitrogen and oxygen atoms in total. The first-order valence-corrected chi connectivity index (χ1v) is 6.65. The van der Waals surface area contributed by atoms with Gasteiger partial charge in [-0.2, -0.15) is 0 Å². The number of carbonyl (C=O) groups excluding carboxylic acids is 1. The van der Waals surface area contributed by atoms with Gasteiger partial charge in [0.1, 0.15) is 0 Å². The molecular formula is C14H17NO5. The van der Waals surface area contributed by atoms with Crippen molar-refractivity contribution in [1.82, 2.24) is 0 Å². The number of ether oxygens (including phenoxy) is 2. The normalized spacial score (nSPS) is 15.7. The highest BCUT2D eigenvalue weighted by Crippen LogP contribution is 2.32. The van der Waals surface area contributed by atoms with Crippen molar-refractivity contribution in [2.24, 2.45) is 0 Å². The van der Waals surface area contributed by atoms with Gasteiger partial charge < -0.3 is 9.47 Å². The van der Waals surface area contributed by atoms with Gasteiger partial charge in [0.05, 0.1) is 23.7 Å². The summed E-state index contributed by atoms with van der Waals surface area (Å²) in [4.78, 5) is 22.0. The highest BCUT2D eigenvalue weighted by molar-refractivity contribution is 5.90. The number of nitro groups is 1. The average Bonchev–Trinajstić information content (AvgIpc) is 2.47. The van der Waals surface area contributed by atoms with E-state index in [1.807, 2.05) is 0 Å². The summed E-state index contributed by atoms with van der Waals surface area (Å²) in [5.74, 6) is -0.391. The van der Waals surface area contributed by atoms with Crippen LogP contribution < -0.4 is 4.74 Å². The third-order valence-electron chi connectivity index (χ3n) is 3.42. The molecule has 1 saturated carbocycles. The van der Waals surface area contributed by atoms with Crippen LogP contribution in [0, 0.1) is 10.1 Å². The number of nitrogens with zero attached hydrogens (tertiary/aromatic N) is 1. The van der Waals surface area contributed by atoms with Crippen molar-refractivity contribution >= 4 is 11.7 Å². The van der Waals surface area contributed by atoms with Crippen molar-refractivity contribution in [3.8, 4) is 5.75 Å². The van der Waals surface area contributed by atoms with Crippen LogP contribution in [0.2, 0.25) is 0 Å². The number of carbonyl (C=O) groups is 1. The van der Waals surface area contributed by atoms with Crippen molar-refractivity contribution in [1.29, 1.82) is 0 Å². The van der Waals surface area contributed by atoms with Crippen LogP contribution in [0.4, 0.5) is 5.69 Å². The molecule has 20 heavy (non-hydrogen) atoms. The van der Waals surface area contributed by atoms with E-state index < -0.39 is 10.9 Å². The van der Waals surface area contributed by atoms with Crippen LogP contribution in [-0.4, -0.2) is 24.1 Å². The first-order valence-electron chi connectivity index (χ1n) is 6.65. The highest BCUT2D eigenvalue weighted by atomic mass is 16.6. The van der Waals surface area contributed by atoms with Gasteiger partial charge in [-0.05, 0) is 31.7 Å². The summed E-state index contributed by atoms with van der Waals surface area (Å²) < 4.78 is 10.4. The number of nitro benzene ring substituents is 1. The lowest BCUT2D eigenvalue weighted by Gasteiger charge is -2.22. The van der Waals surface area contributed by atoms with E-state index in [1.54, 1.807) is 0 Å². The molecule has 2 rings (SSSR count). The molecule has 108 valence electrons. The Labute approximate surface area is 116 Å². The summed E-state index contributed by atoms with van der Waals surface area (Å²) in [6.07, 6.45) is 5.06. The standard InChI is InChI=1S/C14H17NO5/c1-19-14(16)10-7-8-12(15(17)18)13(9-10)20-11-5-3-2-4-6-11/h7-9,11H,2-6H2,1H3. The van der Waals surface area contributed by atoms with Crippen LogP contribution >= 0.6 is 0 Å². The Bertz CT molecular complexity index is 508. The molecule has 0 atom stereocenters. The Morgan fingerprint density at radius 1 is 1.30 bits per heavy atom. The van der Waals surface area contributed by atoms with Crippen LogP contribution in [0.3, 0.4) is 0 Å². The maximum absolute atomic E-state index is 11.5. The monoisotopic (exact) mass is 279 g/mol. The maximum Gasteiger partial charge on any atom is 0.337 e. The molecule has 0 saturated heterocycles. The lowest BCUT2D eigenvalue weighted by molar-refractivity contribution is -0.386. The Hall–Kier alpha value is -2.11. The molecule has 0 N–H and O–H groups in total. The summed E-state index contributed by atoms with van der Waals surface area (Å²) in [5, 5.41) is 11.0. The van der Waals surface area contributed by atoms with Crippen molar-refractivity contribution in [2.75, 3.05) is 7.11 Å². The fourth-order valence-electron chi connectivity index (χ4n) is 2.37. The largest absolute Gasteiger partial charge is 0.483 e. The maximum atomic E-state index is 11.5. The van der Waals surface area contributed by atoms with E-state index >= 15 is 0 Å². The molecule has 0 aromatic heterocycles. The quantitative estimate of drug-likeness (QED) is 0.480. The Morgan fingerprint density at radius 2 is 2.00 bits per heavy atom. The van der Waals surface area contributed by atoms with Gasteiger partial charge in [0.2, 0.25) is 0 Å². The van der Waals surface area contributed by atoms with Crippen molar-refractivity contribution in [2.45, 2.75) is 38.2 Å². The topological polar surface area (TPSA) is 78.7 Å². The molecule has 6 heteroatoms. The SMILES string of the molecule is COC(=O)c1ccc([N+](=O)[O-])c(OC2CCCCC2)c1. The molecular weight excluding hydrogens is 262 g/mol. The molecule has 0 bridgehead atoms. The summed E-state index contributed by atoms with van der Waals surface area (Å²) in [7, 11) is 1.27. The third-order valence-corrected chi connectivity index (χ3v) is 3.42. The fourth-order valence-corrected chi connectivity index (χ4v) is 2.37. The minimum Gasteiger partial charge on any atom is -0.483 e. The van der Waals surface area contributed by atoms with Crippen molar-refractivity contribution < 1.29 is 19.2 Å². The van der Waals surface area contributed by atoms with Crippen LogP contribution in [0.25, 0.3) is 0 Å². The minimum absolute atomic E-state index is 0.0182. The fraction of sp³-hybridized carbons (Fsp3) is 0.500. The number of methoxy groups -OCH3 is 1. The van der Waals surface area contributed by atoms with Gasteiger partial charge in [0.25, 0.3) is 0 Å². The van der Waals surface area contributed by atoms with E-state index in [0.29, 0.717) is 0 Å². The predicted molar refractivity (Wildman–Crippen MR) is 71.9 cm³/mol. The molecule has 0 amide bonds. The predicted octanol–water partition coefficient (Wildman–Crippen LogP) is 3.09. The molecule has 1 aromatic rings. The Kier molecular flexibility index (Phi) is 4.55. The average molecular weight is 279 g/mol. The lowest BCUT2D eigenvalue weighted by atomic mass is 9.98. The summed E-state index contributed by atoms with van der Waals surface area (Å²) in [6.45, 7) is 0. The summed E-state index contributed by atoms with van der Waals surface area (Å²) in [5.41, 5.74) is 0.132. The first-order chi connectivity index (χ1) is 9.61. The Balaban J connectivity index is 2.26. The van der Waals surface area contributed by atoms with E-state index in [0.717, 1.165) is 25.7 Å². The van der Waals surface area contributed by atoms with E-state index in [9.17, 15) is 14.9 Å². The molecule has 0 spiro atoms. The molecule has 1 aromatic carbocycles. The highest BCUT2D eigenvalue weighted by Gasteiger charge is 2.22. The zero-order valence-corrected chi connectivity index (χ0v) is 11.3. The number of hydrogen-bond acceptors (Lipinski definition) is 5. The second-order valence-corrected chi connectivity index (χ2v) is 4.81. The summed E-state index contributed by atoms with van der Waals surface area (Å²) in [6, 6.07) is 4.04. The zero-order valence-electron chi connectivity index (χ0n) is 11.3. The van der Waals surface area contributed by atoms with Crippen LogP contribution in [0.15, 0.2) is 18.2 Å². The van der Waals surface area contributed by atoms with Gasteiger partial charge >= 0.3 is 11.7 Å². The van der Waals surface area contributed by atoms with Gasteiger partial charge in [-0.25, -0.2) is 4.79 Å². The van der Waals surface area contributed by atoms with E-state index in [2.05, 4.69) is 4.74 Å². The molecule has 0 radical (unpaired) electrons. The minimum atomic E-state index is -0.534. The zero-order chi connectivity index (χ0) is 14.5. The first kappa shape index (κ1) is 14.3. The van der Waals surface area contributed by atoms with E-state index in [-0.39, 0.29) is 23.1 Å². The van der Waals surface area contributed by atoms with Crippen LogP contribution in [-0.2, 0) is 4.74 Å². The molecule has 1 aliphatic rings. The van der Waals surface area contributed by atoms with Gasteiger partial charge in [-0.1, -0.05) is 6.42 Å². The van der Waals surface area contributed by atoms with Crippen LogP contribution in [0.1, 0.15) is 42.5 Å². The number of esters is 1. The van der Waals surface area contributed by atoms with Gasteiger partial charge in [-0.3, -0.25) is 10.1 Å².